The van der Waals surface area contributed by atoms with Crippen LogP contribution in [0.3, 0.4) is 0 Å². The van der Waals surface area contributed by atoms with E-state index < -0.39 is 0 Å². The van der Waals surface area contributed by atoms with E-state index in [1.165, 1.54) is 64.2 Å². The number of fused-ring (bicyclic) bond motifs is 5. The molecule has 0 aromatic rings. The molecule has 152 valence electrons. The van der Waals surface area contributed by atoms with Gasteiger partial charge in [-0.05, 0) is 105 Å². The van der Waals surface area contributed by atoms with Crippen molar-refractivity contribution in [2.24, 2.45) is 40.4 Å². The molecule has 7 unspecified atom stereocenters. The van der Waals surface area contributed by atoms with Gasteiger partial charge in [-0.15, -0.1) is 0 Å². The van der Waals surface area contributed by atoms with Gasteiger partial charge in [0.05, 0.1) is 0 Å². The standard InChI is InChI=1S/C24H39NO2/c1-23-14-4-3-6-17(23)9-11-19-20-12-10-18(7-5-8-22(27)25-16-26)24(20,2)15-13-21(19)23/h16-21H,3-15H2,1-2H3,(H,25,26,27). The Morgan fingerprint density at radius 1 is 0.963 bits per heavy atom. The summed E-state index contributed by atoms with van der Waals surface area (Å²) in [6, 6.07) is 0. The van der Waals surface area contributed by atoms with Gasteiger partial charge in [0.15, 0.2) is 0 Å². The van der Waals surface area contributed by atoms with E-state index in [-0.39, 0.29) is 5.91 Å². The fourth-order valence-corrected chi connectivity index (χ4v) is 8.53. The van der Waals surface area contributed by atoms with Crippen molar-refractivity contribution in [2.75, 3.05) is 0 Å². The lowest BCUT2D eigenvalue weighted by Crippen LogP contribution is -2.52. The average molecular weight is 374 g/mol. The zero-order chi connectivity index (χ0) is 19.1. The van der Waals surface area contributed by atoms with E-state index in [2.05, 4.69) is 19.2 Å². The van der Waals surface area contributed by atoms with Crippen molar-refractivity contribution in [2.45, 2.75) is 97.3 Å². The summed E-state index contributed by atoms with van der Waals surface area (Å²) in [7, 11) is 0. The Morgan fingerprint density at radius 2 is 1.78 bits per heavy atom. The fourth-order valence-electron chi connectivity index (χ4n) is 8.53. The second kappa shape index (κ2) is 7.52. The lowest BCUT2D eigenvalue weighted by molar-refractivity contribution is -0.125. The molecule has 27 heavy (non-hydrogen) atoms. The number of carbonyl (C=O) groups excluding carboxylic acids is 2. The molecule has 0 radical (unpaired) electrons. The van der Waals surface area contributed by atoms with Gasteiger partial charge in [-0.3, -0.25) is 14.9 Å². The third-order valence-corrected chi connectivity index (χ3v) is 9.96. The van der Waals surface area contributed by atoms with Gasteiger partial charge in [-0.1, -0.05) is 26.7 Å². The highest BCUT2D eigenvalue weighted by Gasteiger charge is 2.59. The molecule has 0 saturated heterocycles. The number of imide groups is 1. The van der Waals surface area contributed by atoms with Crippen LogP contribution in [-0.2, 0) is 9.59 Å². The molecule has 0 aromatic heterocycles. The van der Waals surface area contributed by atoms with Crippen molar-refractivity contribution in [1.82, 2.24) is 5.32 Å². The zero-order valence-corrected chi connectivity index (χ0v) is 17.5. The monoisotopic (exact) mass is 373 g/mol. The Hall–Kier alpha value is -0.860. The van der Waals surface area contributed by atoms with Crippen molar-refractivity contribution in [3.63, 3.8) is 0 Å². The van der Waals surface area contributed by atoms with Crippen molar-refractivity contribution in [3.05, 3.63) is 0 Å². The van der Waals surface area contributed by atoms with E-state index in [0.29, 0.717) is 23.7 Å². The van der Waals surface area contributed by atoms with Crippen LogP contribution in [0.4, 0.5) is 0 Å². The molecule has 3 heteroatoms. The third-order valence-electron chi connectivity index (χ3n) is 9.96. The maximum atomic E-state index is 11.6. The molecular weight excluding hydrogens is 334 g/mol. The van der Waals surface area contributed by atoms with E-state index in [4.69, 9.17) is 0 Å². The molecule has 1 N–H and O–H groups in total. The summed E-state index contributed by atoms with van der Waals surface area (Å²) < 4.78 is 0. The molecule has 0 aromatic carbocycles. The van der Waals surface area contributed by atoms with Gasteiger partial charge < -0.3 is 0 Å². The van der Waals surface area contributed by atoms with Gasteiger partial charge in [0, 0.05) is 6.42 Å². The minimum absolute atomic E-state index is 0.114. The minimum atomic E-state index is -0.114. The van der Waals surface area contributed by atoms with Gasteiger partial charge in [-0.25, -0.2) is 0 Å². The molecule has 0 spiro atoms. The summed E-state index contributed by atoms with van der Waals surface area (Å²) in [6.45, 7) is 5.25. The molecule has 4 fully saturated rings. The van der Waals surface area contributed by atoms with Gasteiger partial charge in [-0.2, -0.15) is 0 Å². The fraction of sp³-hybridized carbons (Fsp3) is 0.917. The largest absolute Gasteiger partial charge is 0.299 e. The maximum absolute atomic E-state index is 11.6. The first-order valence-corrected chi connectivity index (χ1v) is 11.7. The van der Waals surface area contributed by atoms with Crippen LogP contribution in [-0.4, -0.2) is 12.3 Å². The number of nitrogens with one attached hydrogen (secondary N) is 1. The predicted molar refractivity (Wildman–Crippen MR) is 108 cm³/mol. The molecule has 4 saturated carbocycles. The summed E-state index contributed by atoms with van der Waals surface area (Å²) in [4.78, 5) is 22.0. The second-order valence-corrected chi connectivity index (χ2v) is 10.8. The lowest BCUT2D eigenvalue weighted by Gasteiger charge is -2.60. The quantitative estimate of drug-likeness (QED) is 0.649. The first-order chi connectivity index (χ1) is 13.0. The molecule has 0 aliphatic heterocycles. The number of hydrogen-bond donors (Lipinski definition) is 1. The van der Waals surface area contributed by atoms with Crippen LogP contribution >= 0.6 is 0 Å². The zero-order valence-electron chi connectivity index (χ0n) is 17.5. The van der Waals surface area contributed by atoms with Gasteiger partial charge in [0.2, 0.25) is 12.3 Å². The third kappa shape index (κ3) is 3.27. The van der Waals surface area contributed by atoms with Crippen LogP contribution in [0.5, 0.6) is 0 Å². The molecule has 7 atom stereocenters. The van der Waals surface area contributed by atoms with E-state index in [1.54, 1.807) is 0 Å². The molecule has 4 aliphatic rings. The smallest absolute Gasteiger partial charge is 0.226 e. The molecule has 3 nitrogen and oxygen atoms in total. The van der Waals surface area contributed by atoms with Crippen LogP contribution in [0.15, 0.2) is 0 Å². The Bertz CT molecular complexity index is 575. The molecular formula is C24H39NO2. The van der Waals surface area contributed by atoms with E-state index >= 15 is 0 Å². The van der Waals surface area contributed by atoms with Crippen molar-refractivity contribution >= 4 is 12.3 Å². The number of carbonyl (C=O) groups is 2. The summed E-state index contributed by atoms with van der Waals surface area (Å²) in [5.74, 6) is 4.54. The highest BCUT2D eigenvalue weighted by molar-refractivity contribution is 5.85. The van der Waals surface area contributed by atoms with Crippen molar-refractivity contribution in [1.29, 1.82) is 0 Å². The Balaban J connectivity index is 1.42. The summed E-state index contributed by atoms with van der Waals surface area (Å²) in [5, 5.41) is 2.29. The van der Waals surface area contributed by atoms with E-state index in [9.17, 15) is 9.59 Å². The van der Waals surface area contributed by atoms with Crippen LogP contribution in [0.1, 0.15) is 97.3 Å². The SMILES string of the molecule is CC12CCCCC1CCC1C2CCC2(C)C(CCCC(=O)NC=O)CCC12. The Labute approximate surface area is 165 Å². The van der Waals surface area contributed by atoms with Crippen molar-refractivity contribution in [3.8, 4) is 0 Å². The topological polar surface area (TPSA) is 46.2 Å². The van der Waals surface area contributed by atoms with E-state index in [0.717, 1.165) is 42.4 Å². The van der Waals surface area contributed by atoms with Gasteiger partial charge in [0.25, 0.3) is 0 Å². The summed E-state index contributed by atoms with van der Waals surface area (Å²) in [6.07, 6.45) is 17.6. The van der Waals surface area contributed by atoms with E-state index in [1.807, 2.05) is 0 Å². The molecule has 2 amide bonds. The second-order valence-electron chi connectivity index (χ2n) is 10.8. The van der Waals surface area contributed by atoms with Crippen LogP contribution in [0, 0.1) is 40.4 Å². The summed E-state index contributed by atoms with van der Waals surface area (Å²) >= 11 is 0. The molecule has 4 aliphatic carbocycles. The van der Waals surface area contributed by atoms with Crippen molar-refractivity contribution < 1.29 is 9.59 Å². The molecule has 0 heterocycles. The van der Waals surface area contributed by atoms with Crippen LogP contribution < -0.4 is 5.32 Å². The number of amides is 2. The first kappa shape index (κ1) is 19.5. The average Bonchev–Trinajstić information content (AvgIpc) is 2.98. The Morgan fingerprint density at radius 3 is 2.59 bits per heavy atom. The molecule has 4 rings (SSSR count). The first-order valence-electron chi connectivity index (χ1n) is 11.7. The normalized spacial score (nSPS) is 46.1. The number of rotatable bonds is 5. The van der Waals surface area contributed by atoms with Gasteiger partial charge >= 0.3 is 0 Å². The van der Waals surface area contributed by atoms with Gasteiger partial charge in [0.1, 0.15) is 0 Å². The van der Waals surface area contributed by atoms with Crippen LogP contribution in [0.2, 0.25) is 0 Å². The highest BCUT2D eigenvalue weighted by Crippen LogP contribution is 2.67. The maximum Gasteiger partial charge on any atom is 0.226 e. The number of hydrogen-bond acceptors (Lipinski definition) is 2. The predicted octanol–water partition coefficient (Wildman–Crippen LogP) is 5.48. The Kier molecular flexibility index (Phi) is 5.42. The molecule has 0 bridgehead atoms. The minimum Gasteiger partial charge on any atom is -0.299 e. The van der Waals surface area contributed by atoms with Crippen LogP contribution in [0.25, 0.3) is 0 Å². The summed E-state index contributed by atoms with van der Waals surface area (Å²) in [5.41, 5.74) is 1.13. The highest BCUT2D eigenvalue weighted by atomic mass is 16.2. The lowest BCUT2D eigenvalue weighted by atomic mass is 9.45.